The first kappa shape index (κ1) is 21.7. The Balaban J connectivity index is 1.75. The largest absolute Gasteiger partial charge is 0.326 e. The highest BCUT2D eigenvalue weighted by Gasteiger charge is 2.15. The van der Waals surface area contributed by atoms with Gasteiger partial charge in [-0.15, -0.1) is 0 Å². The summed E-state index contributed by atoms with van der Waals surface area (Å²) in [4.78, 5) is 27.6. The Morgan fingerprint density at radius 3 is 2.33 bits per heavy atom. The number of nitrogens with zero attached hydrogens (tertiary/aromatic N) is 1. The molecule has 3 rings (SSSR count). The van der Waals surface area contributed by atoms with Crippen molar-refractivity contribution in [3.63, 3.8) is 0 Å². The summed E-state index contributed by atoms with van der Waals surface area (Å²) >= 11 is 1.33. The predicted molar refractivity (Wildman–Crippen MR) is 119 cm³/mol. The summed E-state index contributed by atoms with van der Waals surface area (Å²) in [7, 11) is -3.81. The van der Waals surface area contributed by atoms with Gasteiger partial charge in [0, 0.05) is 18.5 Å². The van der Waals surface area contributed by atoms with Crippen LogP contribution in [0.25, 0.3) is 10.2 Å². The smallest absolute Gasteiger partial charge is 0.261 e. The van der Waals surface area contributed by atoms with E-state index in [2.05, 4.69) is 20.3 Å². The minimum Gasteiger partial charge on any atom is -0.326 e. The van der Waals surface area contributed by atoms with Crippen LogP contribution in [0, 0.1) is 0 Å². The molecule has 0 bridgehead atoms. The number of anilines is 3. The molecule has 0 atom stereocenters. The van der Waals surface area contributed by atoms with Crippen LogP contribution in [-0.4, -0.2) is 25.2 Å². The molecule has 3 N–H and O–H groups in total. The van der Waals surface area contributed by atoms with E-state index in [4.69, 9.17) is 0 Å². The molecule has 0 aliphatic heterocycles. The molecule has 158 valence electrons. The van der Waals surface area contributed by atoms with E-state index < -0.39 is 10.0 Å². The molecular formula is C20H22N4O4S2. The number of hydrogen-bond donors (Lipinski definition) is 3. The van der Waals surface area contributed by atoms with Crippen molar-refractivity contribution in [1.82, 2.24) is 4.98 Å². The summed E-state index contributed by atoms with van der Waals surface area (Å²) in [6, 6.07) is 10.9. The van der Waals surface area contributed by atoms with Gasteiger partial charge in [-0.2, -0.15) is 0 Å². The lowest BCUT2D eigenvalue weighted by Crippen LogP contribution is -2.13. The Morgan fingerprint density at radius 2 is 1.67 bits per heavy atom. The minimum atomic E-state index is -3.81. The van der Waals surface area contributed by atoms with Crippen LogP contribution in [0.15, 0.2) is 47.4 Å². The van der Waals surface area contributed by atoms with Crippen LogP contribution in [-0.2, 0) is 19.6 Å². The van der Waals surface area contributed by atoms with E-state index in [1.807, 2.05) is 6.92 Å². The molecule has 0 fully saturated rings. The number of thiazole rings is 1. The monoisotopic (exact) mass is 446 g/mol. The Morgan fingerprint density at radius 1 is 0.967 bits per heavy atom. The molecule has 2 amide bonds. The fourth-order valence-electron chi connectivity index (χ4n) is 2.63. The SMILES string of the molecule is CCCC(=O)Nc1nc2cc(NS(=O)(=O)c3ccc(NC(=O)CC)cc3)ccc2s1. The van der Waals surface area contributed by atoms with E-state index in [0.29, 0.717) is 34.9 Å². The van der Waals surface area contributed by atoms with Crippen molar-refractivity contribution in [2.75, 3.05) is 15.4 Å². The normalized spacial score (nSPS) is 11.3. The lowest BCUT2D eigenvalue weighted by Gasteiger charge is -2.09. The van der Waals surface area contributed by atoms with Crippen molar-refractivity contribution in [2.24, 2.45) is 0 Å². The molecule has 2 aromatic carbocycles. The lowest BCUT2D eigenvalue weighted by molar-refractivity contribution is -0.116. The van der Waals surface area contributed by atoms with Gasteiger partial charge in [-0.3, -0.25) is 14.3 Å². The first-order chi connectivity index (χ1) is 14.3. The second-order valence-electron chi connectivity index (χ2n) is 6.53. The van der Waals surface area contributed by atoms with Crippen molar-refractivity contribution in [2.45, 2.75) is 38.0 Å². The third-order valence-electron chi connectivity index (χ3n) is 4.13. The van der Waals surface area contributed by atoms with Crippen LogP contribution < -0.4 is 15.4 Å². The molecule has 0 saturated carbocycles. The predicted octanol–water partition coefficient (Wildman–Crippen LogP) is 4.18. The average molecular weight is 447 g/mol. The number of benzene rings is 2. The number of carbonyl (C=O) groups excluding carboxylic acids is 2. The maximum absolute atomic E-state index is 12.7. The Hall–Kier alpha value is -2.98. The summed E-state index contributed by atoms with van der Waals surface area (Å²) < 4.78 is 28.7. The van der Waals surface area contributed by atoms with Crippen molar-refractivity contribution < 1.29 is 18.0 Å². The minimum absolute atomic E-state index is 0.0721. The van der Waals surface area contributed by atoms with Gasteiger partial charge in [0.25, 0.3) is 10.0 Å². The standard InChI is InChI=1S/C20H22N4O4S2/c1-3-5-19(26)23-20-22-16-12-14(8-11-17(16)29-20)24-30(27,28)15-9-6-13(7-10-15)21-18(25)4-2/h6-12,24H,3-5H2,1-2H3,(H,21,25)(H,22,23,26). The lowest BCUT2D eigenvalue weighted by atomic mass is 10.3. The molecule has 0 radical (unpaired) electrons. The Kier molecular flexibility index (Phi) is 6.68. The number of hydrogen-bond acceptors (Lipinski definition) is 6. The molecule has 10 heteroatoms. The second kappa shape index (κ2) is 9.23. The summed E-state index contributed by atoms with van der Waals surface area (Å²) in [6.07, 6.45) is 1.50. The molecule has 1 aromatic heterocycles. The molecule has 0 aliphatic rings. The van der Waals surface area contributed by atoms with Crippen molar-refractivity contribution >= 4 is 59.9 Å². The van der Waals surface area contributed by atoms with Gasteiger partial charge in [0.2, 0.25) is 11.8 Å². The number of amides is 2. The van der Waals surface area contributed by atoms with Gasteiger partial charge in [-0.05, 0) is 48.9 Å². The van der Waals surface area contributed by atoms with Crippen LogP contribution >= 0.6 is 11.3 Å². The van der Waals surface area contributed by atoms with E-state index in [0.717, 1.165) is 11.1 Å². The highest BCUT2D eigenvalue weighted by Crippen LogP contribution is 2.29. The third kappa shape index (κ3) is 5.33. The molecule has 0 saturated heterocycles. The van der Waals surface area contributed by atoms with E-state index in [1.165, 1.54) is 35.6 Å². The van der Waals surface area contributed by atoms with Crippen molar-refractivity contribution in [3.8, 4) is 0 Å². The van der Waals surface area contributed by atoms with Gasteiger partial charge in [0.15, 0.2) is 5.13 Å². The molecule has 0 spiro atoms. The maximum Gasteiger partial charge on any atom is 0.261 e. The van der Waals surface area contributed by atoms with Crippen LogP contribution in [0.2, 0.25) is 0 Å². The first-order valence-electron chi connectivity index (χ1n) is 9.44. The second-order valence-corrected chi connectivity index (χ2v) is 9.24. The van der Waals surface area contributed by atoms with Crippen LogP contribution in [0.3, 0.4) is 0 Å². The highest BCUT2D eigenvalue weighted by molar-refractivity contribution is 7.92. The molecule has 3 aromatic rings. The summed E-state index contributed by atoms with van der Waals surface area (Å²) in [5, 5.41) is 5.90. The van der Waals surface area contributed by atoms with Crippen LogP contribution in [0.5, 0.6) is 0 Å². The topological polar surface area (TPSA) is 117 Å². The van der Waals surface area contributed by atoms with Gasteiger partial charge in [-0.1, -0.05) is 25.2 Å². The van der Waals surface area contributed by atoms with Crippen LogP contribution in [0.4, 0.5) is 16.5 Å². The van der Waals surface area contributed by atoms with Crippen molar-refractivity contribution in [3.05, 3.63) is 42.5 Å². The average Bonchev–Trinajstić information content (AvgIpc) is 3.09. The third-order valence-corrected chi connectivity index (χ3v) is 6.48. The van der Waals surface area contributed by atoms with Gasteiger partial charge < -0.3 is 10.6 Å². The van der Waals surface area contributed by atoms with Crippen LogP contribution in [0.1, 0.15) is 33.1 Å². The molecule has 0 aliphatic carbocycles. The van der Waals surface area contributed by atoms with E-state index in [-0.39, 0.29) is 16.7 Å². The van der Waals surface area contributed by atoms with E-state index >= 15 is 0 Å². The van der Waals surface area contributed by atoms with Gasteiger partial charge >= 0.3 is 0 Å². The quantitative estimate of drug-likeness (QED) is 0.480. The molecule has 1 heterocycles. The summed E-state index contributed by atoms with van der Waals surface area (Å²) in [6.45, 7) is 3.66. The first-order valence-corrected chi connectivity index (χ1v) is 11.7. The zero-order valence-corrected chi connectivity index (χ0v) is 18.2. The molecule has 0 unspecified atom stereocenters. The number of aromatic nitrogens is 1. The number of rotatable bonds is 8. The highest BCUT2D eigenvalue weighted by atomic mass is 32.2. The molecule has 30 heavy (non-hydrogen) atoms. The van der Waals surface area contributed by atoms with Gasteiger partial charge in [0.1, 0.15) is 0 Å². The summed E-state index contributed by atoms with van der Waals surface area (Å²) in [5.41, 5.74) is 1.48. The summed E-state index contributed by atoms with van der Waals surface area (Å²) in [5.74, 6) is -0.249. The van der Waals surface area contributed by atoms with Gasteiger partial charge in [-0.25, -0.2) is 13.4 Å². The number of fused-ring (bicyclic) bond motifs is 1. The molecular weight excluding hydrogens is 424 g/mol. The zero-order valence-electron chi connectivity index (χ0n) is 16.6. The Labute approximate surface area is 178 Å². The molecule has 8 nitrogen and oxygen atoms in total. The number of sulfonamides is 1. The fourth-order valence-corrected chi connectivity index (χ4v) is 4.55. The zero-order chi connectivity index (χ0) is 21.7. The Bertz CT molecular complexity index is 1170. The van der Waals surface area contributed by atoms with E-state index in [1.54, 1.807) is 25.1 Å². The van der Waals surface area contributed by atoms with Crippen molar-refractivity contribution in [1.29, 1.82) is 0 Å². The number of nitrogens with one attached hydrogen (secondary N) is 3. The van der Waals surface area contributed by atoms with E-state index in [9.17, 15) is 18.0 Å². The van der Waals surface area contributed by atoms with Gasteiger partial charge in [0.05, 0.1) is 20.8 Å². The maximum atomic E-state index is 12.7. The number of carbonyl (C=O) groups is 2. The fraction of sp³-hybridized carbons (Fsp3) is 0.250.